The Balaban J connectivity index is 1.60. The Kier molecular flexibility index (Phi) is 3.68. The summed E-state index contributed by atoms with van der Waals surface area (Å²) in [5, 5.41) is 11.5. The number of nitrogens with one attached hydrogen (secondary N) is 3. The first-order chi connectivity index (χ1) is 10.5. The number of carboxylic acids is 1. The number of aromatic nitrogens is 2. The molecule has 0 spiro atoms. The minimum Gasteiger partial charge on any atom is -0.479 e. The van der Waals surface area contributed by atoms with Gasteiger partial charge in [0.1, 0.15) is 6.10 Å². The molecule has 0 saturated carbocycles. The molecule has 3 rings (SSSR count). The van der Waals surface area contributed by atoms with Crippen molar-refractivity contribution in [2.45, 2.75) is 31.6 Å². The molecule has 0 unspecified atom stereocenters. The van der Waals surface area contributed by atoms with Crippen molar-refractivity contribution < 1.29 is 19.4 Å². The lowest BCUT2D eigenvalue weighted by Gasteiger charge is -2.11. The number of carboxylic acid groups (broad SMARTS) is 1. The van der Waals surface area contributed by atoms with Gasteiger partial charge in [0.05, 0.1) is 11.0 Å². The molecule has 1 saturated heterocycles. The molecule has 1 amide bonds. The maximum Gasteiger partial charge on any atom is 0.332 e. The van der Waals surface area contributed by atoms with Gasteiger partial charge < -0.3 is 25.1 Å². The van der Waals surface area contributed by atoms with Gasteiger partial charge in [0.2, 0.25) is 5.91 Å². The number of amides is 1. The lowest BCUT2D eigenvalue weighted by Crippen LogP contribution is -2.35. The normalized spacial score (nSPS) is 21.1. The summed E-state index contributed by atoms with van der Waals surface area (Å²) in [5.74, 6) is -1.37. The van der Waals surface area contributed by atoms with Crippen molar-refractivity contribution in [3.63, 3.8) is 0 Å². The zero-order valence-electron chi connectivity index (χ0n) is 11.6. The van der Waals surface area contributed by atoms with E-state index >= 15 is 0 Å². The second kappa shape index (κ2) is 5.64. The molecule has 2 atom stereocenters. The second-order valence-corrected chi connectivity index (χ2v) is 5.21. The molecule has 0 aliphatic carbocycles. The van der Waals surface area contributed by atoms with Crippen molar-refractivity contribution >= 4 is 22.9 Å². The van der Waals surface area contributed by atoms with E-state index in [4.69, 9.17) is 9.84 Å². The highest BCUT2D eigenvalue weighted by atomic mass is 16.5. The van der Waals surface area contributed by atoms with E-state index in [1.807, 2.05) is 0 Å². The van der Waals surface area contributed by atoms with Gasteiger partial charge in [-0.05, 0) is 30.5 Å². The van der Waals surface area contributed by atoms with Gasteiger partial charge in [0, 0.05) is 6.54 Å². The number of imidazole rings is 1. The smallest absolute Gasteiger partial charge is 0.332 e. The van der Waals surface area contributed by atoms with Crippen LogP contribution in [0.15, 0.2) is 23.0 Å². The van der Waals surface area contributed by atoms with E-state index in [9.17, 15) is 14.4 Å². The summed E-state index contributed by atoms with van der Waals surface area (Å²) in [5.41, 5.74) is 1.91. The maximum atomic E-state index is 12.0. The van der Waals surface area contributed by atoms with E-state index in [2.05, 4.69) is 15.3 Å². The van der Waals surface area contributed by atoms with Crippen LogP contribution >= 0.6 is 0 Å². The number of rotatable bonds is 4. The third-order valence-corrected chi connectivity index (χ3v) is 3.63. The van der Waals surface area contributed by atoms with E-state index in [0.29, 0.717) is 23.9 Å². The summed E-state index contributed by atoms with van der Waals surface area (Å²) < 4.78 is 5.18. The Morgan fingerprint density at radius 3 is 2.68 bits per heavy atom. The van der Waals surface area contributed by atoms with Crippen LogP contribution in [0.5, 0.6) is 0 Å². The summed E-state index contributed by atoms with van der Waals surface area (Å²) in [6.45, 7) is 0.277. The lowest BCUT2D eigenvalue weighted by molar-refractivity contribution is -0.151. The molecule has 1 aliphatic rings. The highest BCUT2D eigenvalue weighted by Crippen LogP contribution is 2.20. The van der Waals surface area contributed by atoms with Gasteiger partial charge >= 0.3 is 11.7 Å². The number of H-pyrrole nitrogens is 2. The van der Waals surface area contributed by atoms with E-state index in [-0.39, 0.29) is 18.1 Å². The predicted octanol–water partition coefficient (Wildman–Crippen LogP) is 0.105. The molecule has 1 aliphatic heterocycles. The van der Waals surface area contributed by atoms with Crippen LogP contribution in [0.4, 0.5) is 0 Å². The number of hydrogen-bond donors (Lipinski definition) is 4. The number of fused-ring (bicyclic) bond motifs is 1. The van der Waals surface area contributed by atoms with Gasteiger partial charge in [-0.1, -0.05) is 6.07 Å². The van der Waals surface area contributed by atoms with Crippen molar-refractivity contribution in [3.05, 3.63) is 34.2 Å². The fourth-order valence-electron chi connectivity index (χ4n) is 2.50. The number of aromatic amines is 2. The molecule has 4 N–H and O–H groups in total. The fraction of sp³-hybridized carbons (Fsp3) is 0.357. The van der Waals surface area contributed by atoms with Gasteiger partial charge in [0.15, 0.2) is 6.10 Å². The Labute approximate surface area is 124 Å². The van der Waals surface area contributed by atoms with Gasteiger partial charge in [0.25, 0.3) is 0 Å². The average molecular weight is 305 g/mol. The van der Waals surface area contributed by atoms with E-state index in [1.54, 1.807) is 18.2 Å². The molecule has 1 aromatic carbocycles. The average Bonchev–Trinajstić information content (AvgIpc) is 3.09. The minimum atomic E-state index is -1.04. The van der Waals surface area contributed by atoms with Crippen LogP contribution in [0, 0.1) is 0 Å². The molecular formula is C14H15N3O5. The topological polar surface area (TPSA) is 124 Å². The summed E-state index contributed by atoms with van der Waals surface area (Å²) in [6, 6.07) is 5.31. The Morgan fingerprint density at radius 2 is 1.95 bits per heavy atom. The van der Waals surface area contributed by atoms with Gasteiger partial charge in [-0.3, -0.25) is 4.79 Å². The van der Waals surface area contributed by atoms with Crippen LogP contribution in [0.25, 0.3) is 11.0 Å². The molecule has 2 aromatic rings. The molecule has 1 fully saturated rings. The highest BCUT2D eigenvalue weighted by Gasteiger charge is 2.34. The van der Waals surface area contributed by atoms with Crippen LogP contribution in [0.3, 0.4) is 0 Å². The first kappa shape index (κ1) is 14.3. The molecule has 116 valence electrons. The Hall–Kier alpha value is -2.61. The standard InChI is InChI=1S/C14H15N3O5/c18-12(10-3-4-11(22-10)13(19)20)15-6-7-1-2-8-9(5-7)17-14(21)16-8/h1-2,5,10-11H,3-4,6H2,(H,15,18)(H,19,20)(H2,16,17,21)/t10-,11+/m0/s1. The molecule has 2 heterocycles. The zero-order valence-corrected chi connectivity index (χ0v) is 11.6. The molecule has 1 aromatic heterocycles. The van der Waals surface area contributed by atoms with Crippen molar-refractivity contribution in [1.82, 2.24) is 15.3 Å². The number of carbonyl (C=O) groups is 2. The molecule has 0 bridgehead atoms. The van der Waals surface area contributed by atoms with Crippen molar-refractivity contribution in [2.75, 3.05) is 0 Å². The monoisotopic (exact) mass is 305 g/mol. The Morgan fingerprint density at radius 1 is 1.23 bits per heavy atom. The molecule has 8 nitrogen and oxygen atoms in total. The number of benzene rings is 1. The summed E-state index contributed by atoms with van der Waals surface area (Å²) in [7, 11) is 0. The molecule has 8 heteroatoms. The van der Waals surface area contributed by atoms with Crippen LogP contribution in [-0.4, -0.2) is 39.2 Å². The van der Waals surface area contributed by atoms with Crippen molar-refractivity contribution in [3.8, 4) is 0 Å². The minimum absolute atomic E-state index is 0.277. The summed E-state index contributed by atoms with van der Waals surface area (Å²) >= 11 is 0. The van der Waals surface area contributed by atoms with Crippen LogP contribution in [0.1, 0.15) is 18.4 Å². The van der Waals surface area contributed by atoms with Crippen LogP contribution < -0.4 is 11.0 Å². The lowest BCUT2D eigenvalue weighted by atomic mass is 10.1. The van der Waals surface area contributed by atoms with Gasteiger partial charge in [-0.2, -0.15) is 0 Å². The number of carbonyl (C=O) groups excluding carboxylic acids is 1. The second-order valence-electron chi connectivity index (χ2n) is 5.21. The third kappa shape index (κ3) is 2.86. The Bertz CT molecular complexity index is 778. The zero-order chi connectivity index (χ0) is 15.7. The van der Waals surface area contributed by atoms with Gasteiger partial charge in [-0.15, -0.1) is 0 Å². The van der Waals surface area contributed by atoms with E-state index in [1.165, 1.54) is 0 Å². The predicted molar refractivity (Wildman–Crippen MR) is 76.3 cm³/mol. The number of aliphatic carboxylic acids is 1. The van der Waals surface area contributed by atoms with Crippen molar-refractivity contribution in [1.29, 1.82) is 0 Å². The first-order valence-corrected chi connectivity index (χ1v) is 6.90. The van der Waals surface area contributed by atoms with E-state index in [0.717, 1.165) is 5.56 Å². The fourth-order valence-corrected chi connectivity index (χ4v) is 2.50. The maximum absolute atomic E-state index is 12.0. The van der Waals surface area contributed by atoms with Gasteiger partial charge in [-0.25, -0.2) is 9.59 Å². The molecule has 0 radical (unpaired) electrons. The van der Waals surface area contributed by atoms with Crippen LogP contribution in [0.2, 0.25) is 0 Å². The summed E-state index contributed by atoms with van der Waals surface area (Å²) in [6.07, 6.45) is -0.898. The first-order valence-electron chi connectivity index (χ1n) is 6.90. The van der Waals surface area contributed by atoms with Crippen molar-refractivity contribution in [2.24, 2.45) is 0 Å². The van der Waals surface area contributed by atoms with E-state index < -0.39 is 18.2 Å². The number of hydrogen-bond acceptors (Lipinski definition) is 4. The summed E-state index contributed by atoms with van der Waals surface area (Å²) in [4.78, 5) is 39.2. The molecular weight excluding hydrogens is 290 g/mol. The van der Waals surface area contributed by atoms with Crippen LogP contribution in [-0.2, 0) is 20.9 Å². The highest BCUT2D eigenvalue weighted by molar-refractivity contribution is 5.82. The largest absolute Gasteiger partial charge is 0.479 e. The quantitative estimate of drug-likeness (QED) is 0.638. The third-order valence-electron chi connectivity index (χ3n) is 3.63. The molecule has 22 heavy (non-hydrogen) atoms. The number of ether oxygens (including phenoxy) is 1. The SMILES string of the molecule is O=C(NCc1ccc2[nH]c(=O)[nH]c2c1)[C@@H]1CC[C@H](C(=O)O)O1.